The monoisotopic (exact) mass is 392 g/mol. The number of carbonyl (C=O) groups is 2. The van der Waals surface area contributed by atoms with Gasteiger partial charge in [0.2, 0.25) is 5.91 Å². The van der Waals surface area contributed by atoms with Gasteiger partial charge in [0.05, 0.1) is 6.42 Å². The number of nitrogens with zero attached hydrogens (tertiary/aromatic N) is 2. The standard InChI is InChI=1S/C22H24N4O3/c1-14-6-5-7-17(23-14)21(28)24-16-10-8-15(9-11-16)12-20(27)25-19-13-18(29-26-19)22(2,3)4/h5-11,13H,12H2,1-4H3,(H,24,28)(H,25,26,27). The molecule has 0 unspecified atom stereocenters. The van der Waals surface area contributed by atoms with E-state index in [4.69, 9.17) is 4.52 Å². The van der Waals surface area contributed by atoms with Gasteiger partial charge >= 0.3 is 0 Å². The highest BCUT2D eigenvalue weighted by molar-refractivity contribution is 6.02. The van der Waals surface area contributed by atoms with E-state index in [1.54, 1.807) is 42.5 Å². The van der Waals surface area contributed by atoms with Crippen LogP contribution in [0.25, 0.3) is 0 Å². The fourth-order valence-corrected chi connectivity index (χ4v) is 2.63. The number of aryl methyl sites for hydroxylation is 1. The molecule has 1 aromatic carbocycles. The Bertz CT molecular complexity index is 1020. The lowest BCUT2D eigenvalue weighted by Crippen LogP contribution is -2.15. The van der Waals surface area contributed by atoms with Crippen LogP contribution in [-0.2, 0) is 16.6 Å². The zero-order valence-corrected chi connectivity index (χ0v) is 16.9. The van der Waals surface area contributed by atoms with E-state index in [0.717, 1.165) is 11.3 Å². The molecule has 0 bridgehead atoms. The molecular formula is C22H24N4O3. The summed E-state index contributed by atoms with van der Waals surface area (Å²) in [5.74, 6) is 0.629. The van der Waals surface area contributed by atoms with Gasteiger partial charge in [0.1, 0.15) is 11.5 Å². The van der Waals surface area contributed by atoms with Gasteiger partial charge in [-0.1, -0.05) is 44.1 Å². The number of rotatable bonds is 5. The molecule has 0 aliphatic heterocycles. The van der Waals surface area contributed by atoms with E-state index in [9.17, 15) is 9.59 Å². The quantitative estimate of drug-likeness (QED) is 0.681. The average Bonchev–Trinajstić information content (AvgIpc) is 3.12. The molecule has 7 heteroatoms. The van der Waals surface area contributed by atoms with Crippen LogP contribution in [0.3, 0.4) is 0 Å². The predicted octanol–water partition coefficient (Wildman–Crippen LogP) is 4.11. The van der Waals surface area contributed by atoms with Gasteiger partial charge in [-0.2, -0.15) is 0 Å². The van der Waals surface area contributed by atoms with Crippen molar-refractivity contribution in [3.8, 4) is 0 Å². The van der Waals surface area contributed by atoms with Crippen molar-refractivity contribution >= 4 is 23.3 Å². The van der Waals surface area contributed by atoms with E-state index in [1.165, 1.54) is 0 Å². The SMILES string of the molecule is Cc1cccc(C(=O)Nc2ccc(CC(=O)Nc3cc(C(C)(C)C)on3)cc2)n1. The third-order valence-electron chi connectivity index (χ3n) is 4.21. The molecule has 0 fully saturated rings. The van der Waals surface area contributed by atoms with Crippen molar-refractivity contribution in [2.24, 2.45) is 0 Å². The van der Waals surface area contributed by atoms with Gasteiger partial charge in [-0.05, 0) is 36.8 Å². The second kappa shape index (κ2) is 8.26. The molecule has 2 aromatic heterocycles. The number of pyridine rings is 1. The van der Waals surface area contributed by atoms with E-state index in [2.05, 4.69) is 20.8 Å². The molecule has 0 aliphatic carbocycles. The molecule has 0 radical (unpaired) electrons. The summed E-state index contributed by atoms with van der Waals surface area (Å²) in [6.07, 6.45) is 0.186. The highest BCUT2D eigenvalue weighted by Crippen LogP contribution is 2.24. The summed E-state index contributed by atoms with van der Waals surface area (Å²) in [5, 5.41) is 9.42. The zero-order valence-electron chi connectivity index (χ0n) is 16.9. The van der Waals surface area contributed by atoms with Gasteiger partial charge in [0.15, 0.2) is 5.82 Å². The van der Waals surface area contributed by atoms with E-state index < -0.39 is 0 Å². The molecule has 0 saturated heterocycles. The summed E-state index contributed by atoms with van der Waals surface area (Å²) in [6, 6.07) is 14.1. The first-order chi connectivity index (χ1) is 13.7. The summed E-state index contributed by atoms with van der Waals surface area (Å²) in [5.41, 5.74) is 2.41. The predicted molar refractivity (Wildman–Crippen MR) is 111 cm³/mol. The summed E-state index contributed by atoms with van der Waals surface area (Å²) in [7, 11) is 0. The Kier molecular flexibility index (Phi) is 5.77. The third kappa shape index (κ3) is 5.51. The van der Waals surface area contributed by atoms with Crippen LogP contribution in [-0.4, -0.2) is 22.0 Å². The number of hydrogen-bond acceptors (Lipinski definition) is 5. The highest BCUT2D eigenvalue weighted by Gasteiger charge is 2.20. The van der Waals surface area contributed by atoms with Gasteiger partial charge in [-0.3, -0.25) is 9.59 Å². The third-order valence-corrected chi connectivity index (χ3v) is 4.21. The number of amides is 2. The number of carbonyl (C=O) groups excluding carboxylic acids is 2. The fraction of sp³-hybridized carbons (Fsp3) is 0.273. The maximum Gasteiger partial charge on any atom is 0.274 e. The van der Waals surface area contributed by atoms with Gasteiger partial charge in [-0.25, -0.2) is 4.98 Å². The van der Waals surface area contributed by atoms with Crippen LogP contribution in [0.15, 0.2) is 53.1 Å². The zero-order chi connectivity index (χ0) is 21.0. The number of aromatic nitrogens is 2. The van der Waals surface area contributed by atoms with E-state index in [0.29, 0.717) is 23.0 Å². The number of nitrogens with one attached hydrogen (secondary N) is 2. The number of benzene rings is 1. The highest BCUT2D eigenvalue weighted by atomic mass is 16.5. The summed E-state index contributed by atoms with van der Waals surface area (Å²) in [4.78, 5) is 28.7. The first-order valence-electron chi connectivity index (χ1n) is 9.32. The van der Waals surface area contributed by atoms with Crippen LogP contribution in [0.2, 0.25) is 0 Å². The second-order valence-corrected chi connectivity index (χ2v) is 7.87. The Labute approximate surface area is 169 Å². The van der Waals surface area contributed by atoms with Gasteiger partial charge in [-0.15, -0.1) is 0 Å². The Morgan fingerprint density at radius 3 is 2.38 bits per heavy atom. The number of hydrogen-bond donors (Lipinski definition) is 2. The van der Waals surface area contributed by atoms with E-state index in [-0.39, 0.29) is 23.7 Å². The van der Waals surface area contributed by atoms with Crippen molar-refractivity contribution in [2.75, 3.05) is 10.6 Å². The average molecular weight is 392 g/mol. The van der Waals surface area contributed by atoms with Crippen molar-refractivity contribution in [1.29, 1.82) is 0 Å². The van der Waals surface area contributed by atoms with Crippen LogP contribution in [0.1, 0.15) is 48.3 Å². The van der Waals surface area contributed by atoms with Crippen LogP contribution < -0.4 is 10.6 Å². The molecule has 0 aliphatic rings. The largest absolute Gasteiger partial charge is 0.359 e. The van der Waals surface area contributed by atoms with Crippen LogP contribution in [0.5, 0.6) is 0 Å². The summed E-state index contributed by atoms with van der Waals surface area (Å²) in [6.45, 7) is 7.86. The lowest BCUT2D eigenvalue weighted by Gasteiger charge is -2.12. The van der Waals surface area contributed by atoms with Crippen molar-refractivity contribution in [3.05, 3.63) is 71.2 Å². The van der Waals surface area contributed by atoms with Gasteiger partial charge < -0.3 is 15.2 Å². The van der Waals surface area contributed by atoms with E-state index in [1.807, 2.05) is 33.8 Å². The molecule has 3 rings (SSSR count). The smallest absolute Gasteiger partial charge is 0.274 e. The molecule has 2 N–H and O–H groups in total. The maximum atomic E-state index is 12.3. The fourth-order valence-electron chi connectivity index (χ4n) is 2.63. The lowest BCUT2D eigenvalue weighted by molar-refractivity contribution is -0.115. The Morgan fingerprint density at radius 2 is 1.76 bits per heavy atom. The molecular weight excluding hydrogens is 368 g/mol. The van der Waals surface area contributed by atoms with Gasteiger partial charge in [0.25, 0.3) is 5.91 Å². The molecule has 2 amide bonds. The molecule has 0 saturated carbocycles. The Hall–Kier alpha value is -3.48. The summed E-state index contributed by atoms with van der Waals surface area (Å²) >= 11 is 0. The Balaban J connectivity index is 1.56. The minimum absolute atomic E-state index is 0.176. The topological polar surface area (TPSA) is 97.1 Å². The van der Waals surface area contributed by atoms with E-state index >= 15 is 0 Å². The molecule has 0 spiro atoms. The first kappa shape index (κ1) is 20.3. The maximum absolute atomic E-state index is 12.3. The number of anilines is 2. The van der Waals surface area contributed by atoms with Crippen LogP contribution >= 0.6 is 0 Å². The Morgan fingerprint density at radius 1 is 1.03 bits per heavy atom. The molecule has 7 nitrogen and oxygen atoms in total. The minimum atomic E-state index is -0.278. The van der Waals surface area contributed by atoms with Crippen molar-refractivity contribution in [1.82, 2.24) is 10.1 Å². The molecule has 150 valence electrons. The normalized spacial score (nSPS) is 11.2. The molecule has 3 aromatic rings. The van der Waals surface area contributed by atoms with Crippen LogP contribution in [0, 0.1) is 6.92 Å². The molecule has 2 heterocycles. The van der Waals surface area contributed by atoms with Crippen molar-refractivity contribution in [3.63, 3.8) is 0 Å². The molecule has 29 heavy (non-hydrogen) atoms. The van der Waals surface area contributed by atoms with Gasteiger partial charge in [0, 0.05) is 22.9 Å². The van der Waals surface area contributed by atoms with Crippen molar-refractivity contribution in [2.45, 2.75) is 39.5 Å². The molecule has 0 atom stereocenters. The minimum Gasteiger partial charge on any atom is -0.359 e. The summed E-state index contributed by atoms with van der Waals surface area (Å²) < 4.78 is 5.27. The van der Waals surface area contributed by atoms with Crippen molar-refractivity contribution < 1.29 is 14.1 Å². The van der Waals surface area contributed by atoms with Crippen LogP contribution in [0.4, 0.5) is 11.5 Å². The lowest BCUT2D eigenvalue weighted by atomic mass is 9.93. The second-order valence-electron chi connectivity index (χ2n) is 7.87. The first-order valence-corrected chi connectivity index (χ1v) is 9.32.